The molecule has 1 spiro atoms. The lowest BCUT2D eigenvalue weighted by Gasteiger charge is -2.55. The number of carbonyl (C=O) groups is 2. The molecule has 2 rings (SSSR count). The van der Waals surface area contributed by atoms with Crippen molar-refractivity contribution in [2.45, 2.75) is 57.6 Å². The number of aliphatic carboxylic acids is 1. The van der Waals surface area contributed by atoms with Gasteiger partial charge in [0.15, 0.2) is 0 Å². The highest BCUT2D eigenvalue weighted by Gasteiger charge is 2.60. The van der Waals surface area contributed by atoms with E-state index in [-0.39, 0.29) is 5.41 Å². The number of carboxylic acids is 1. The molecular formula is C14H23NO5. The molecule has 114 valence electrons. The minimum Gasteiger partial charge on any atom is -0.480 e. The van der Waals surface area contributed by atoms with Crippen molar-refractivity contribution in [1.29, 1.82) is 0 Å². The molecule has 0 unspecified atom stereocenters. The molecule has 0 aromatic rings. The van der Waals surface area contributed by atoms with Gasteiger partial charge in [-0.1, -0.05) is 0 Å². The molecule has 1 saturated heterocycles. The number of hydrogen-bond acceptors (Lipinski definition) is 4. The van der Waals surface area contributed by atoms with Crippen LogP contribution in [-0.2, 0) is 14.3 Å². The zero-order chi connectivity index (χ0) is 15.0. The van der Waals surface area contributed by atoms with E-state index in [2.05, 4.69) is 5.32 Å². The van der Waals surface area contributed by atoms with Crippen molar-refractivity contribution in [3.63, 3.8) is 0 Å². The van der Waals surface area contributed by atoms with Crippen molar-refractivity contribution in [3.05, 3.63) is 0 Å². The van der Waals surface area contributed by atoms with Crippen LogP contribution >= 0.6 is 0 Å². The molecule has 0 bridgehead atoms. The third-order valence-corrected chi connectivity index (χ3v) is 4.06. The molecule has 0 radical (unpaired) electrons. The molecule has 1 heterocycles. The molecule has 2 fully saturated rings. The highest BCUT2D eigenvalue weighted by atomic mass is 16.6. The van der Waals surface area contributed by atoms with Crippen LogP contribution in [0.4, 0.5) is 4.79 Å². The predicted molar refractivity (Wildman–Crippen MR) is 71.5 cm³/mol. The second-order valence-corrected chi connectivity index (χ2v) is 6.98. The molecule has 0 aromatic heterocycles. The Morgan fingerprint density at radius 3 is 2.20 bits per heavy atom. The average molecular weight is 285 g/mol. The smallest absolute Gasteiger partial charge is 0.408 e. The van der Waals surface area contributed by atoms with E-state index in [4.69, 9.17) is 9.47 Å². The van der Waals surface area contributed by atoms with Crippen molar-refractivity contribution in [2.24, 2.45) is 5.41 Å². The molecule has 2 N–H and O–H groups in total. The fraction of sp³-hybridized carbons (Fsp3) is 0.857. The SMILES string of the molecule is CC(C)(C)OC(=O)NC1(C(=O)O)CC2(CCOCC2)C1. The largest absolute Gasteiger partial charge is 0.480 e. The lowest BCUT2D eigenvalue weighted by molar-refractivity contribution is -0.162. The van der Waals surface area contributed by atoms with Gasteiger partial charge in [-0.25, -0.2) is 9.59 Å². The highest BCUT2D eigenvalue weighted by Crippen LogP contribution is 2.54. The van der Waals surface area contributed by atoms with E-state index in [0.29, 0.717) is 26.1 Å². The molecule has 20 heavy (non-hydrogen) atoms. The second-order valence-electron chi connectivity index (χ2n) is 6.98. The molecule has 0 aromatic carbocycles. The number of hydrogen-bond donors (Lipinski definition) is 2. The first kappa shape index (κ1) is 15.1. The number of amides is 1. The Labute approximate surface area is 118 Å². The predicted octanol–water partition coefficient (Wildman–Crippen LogP) is 1.93. The van der Waals surface area contributed by atoms with E-state index in [0.717, 1.165) is 12.8 Å². The summed E-state index contributed by atoms with van der Waals surface area (Å²) in [6.45, 7) is 6.59. The Morgan fingerprint density at radius 1 is 1.20 bits per heavy atom. The Bertz CT molecular complexity index is 398. The standard InChI is InChI=1S/C14H23NO5/c1-12(2,3)20-11(18)15-14(10(16)17)8-13(9-14)4-6-19-7-5-13/h4-9H2,1-3H3,(H,15,18)(H,16,17). The number of alkyl carbamates (subject to hydrolysis) is 1. The summed E-state index contributed by atoms with van der Waals surface area (Å²) in [4.78, 5) is 23.4. The van der Waals surface area contributed by atoms with Crippen LogP contribution < -0.4 is 5.32 Å². The molecular weight excluding hydrogens is 262 g/mol. The van der Waals surface area contributed by atoms with E-state index < -0.39 is 23.2 Å². The first-order valence-electron chi connectivity index (χ1n) is 6.99. The summed E-state index contributed by atoms with van der Waals surface area (Å²) in [6.07, 6.45) is 1.97. The van der Waals surface area contributed by atoms with Crippen molar-refractivity contribution in [3.8, 4) is 0 Å². The Morgan fingerprint density at radius 2 is 1.75 bits per heavy atom. The van der Waals surface area contributed by atoms with Crippen molar-refractivity contribution in [1.82, 2.24) is 5.32 Å². The molecule has 1 aliphatic heterocycles. The maximum Gasteiger partial charge on any atom is 0.408 e. The van der Waals surface area contributed by atoms with Crippen molar-refractivity contribution < 1.29 is 24.2 Å². The van der Waals surface area contributed by atoms with Gasteiger partial charge < -0.3 is 19.9 Å². The van der Waals surface area contributed by atoms with Crippen LogP contribution in [0.5, 0.6) is 0 Å². The molecule has 1 aliphatic carbocycles. The molecule has 2 aliphatic rings. The van der Waals surface area contributed by atoms with Crippen LogP contribution in [0.2, 0.25) is 0 Å². The first-order chi connectivity index (χ1) is 9.17. The van der Waals surface area contributed by atoms with Gasteiger partial charge in [0.25, 0.3) is 0 Å². The summed E-state index contributed by atoms with van der Waals surface area (Å²) in [6, 6.07) is 0. The van der Waals surface area contributed by atoms with Gasteiger partial charge in [-0.15, -0.1) is 0 Å². The number of carboxylic acid groups (broad SMARTS) is 1. The number of ether oxygens (including phenoxy) is 2. The number of carbonyl (C=O) groups excluding carboxylic acids is 1. The molecule has 6 heteroatoms. The van der Waals surface area contributed by atoms with Crippen LogP contribution in [-0.4, -0.2) is 41.5 Å². The average Bonchev–Trinajstić information content (AvgIpc) is 2.24. The molecule has 6 nitrogen and oxygen atoms in total. The van der Waals surface area contributed by atoms with Gasteiger partial charge in [-0.05, 0) is 51.9 Å². The van der Waals surface area contributed by atoms with E-state index in [1.807, 2.05) is 0 Å². The van der Waals surface area contributed by atoms with Crippen molar-refractivity contribution in [2.75, 3.05) is 13.2 Å². The number of nitrogens with one attached hydrogen (secondary N) is 1. The normalized spacial score (nSPS) is 23.8. The summed E-state index contributed by atoms with van der Waals surface area (Å²) >= 11 is 0. The highest BCUT2D eigenvalue weighted by molar-refractivity contribution is 5.86. The second kappa shape index (κ2) is 4.91. The summed E-state index contributed by atoms with van der Waals surface area (Å²) in [5.74, 6) is -0.986. The van der Waals surface area contributed by atoms with Crippen LogP contribution in [0.25, 0.3) is 0 Å². The Balaban J connectivity index is 1.99. The van der Waals surface area contributed by atoms with Gasteiger partial charge in [0.2, 0.25) is 0 Å². The zero-order valence-electron chi connectivity index (χ0n) is 12.3. The fourth-order valence-corrected chi connectivity index (χ4v) is 3.18. The lowest BCUT2D eigenvalue weighted by Crippen LogP contribution is -2.67. The van der Waals surface area contributed by atoms with Gasteiger partial charge in [-0.2, -0.15) is 0 Å². The van der Waals surface area contributed by atoms with E-state index in [1.54, 1.807) is 20.8 Å². The quantitative estimate of drug-likeness (QED) is 0.809. The van der Waals surface area contributed by atoms with Crippen LogP contribution in [0, 0.1) is 5.41 Å². The van der Waals surface area contributed by atoms with Gasteiger partial charge in [-0.3, -0.25) is 0 Å². The molecule has 1 saturated carbocycles. The first-order valence-corrected chi connectivity index (χ1v) is 6.99. The minimum atomic E-state index is -1.18. The summed E-state index contributed by atoms with van der Waals surface area (Å²) in [7, 11) is 0. The maximum absolute atomic E-state index is 11.8. The number of rotatable bonds is 2. The molecule has 1 amide bonds. The summed E-state index contributed by atoms with van der Waals surface area (Å²) in [5.41, 5.74) is -1.81. The minimum absolute atomic E-state index is 0.00561. The Kier molecular flexibility index (Phi) is 3.71. The molecule has 0 atom stereocenters. The van der Waals surface area contributed by atoms with Crippen LogP contribution in [0.1, 0.15) is 46.5 Å². The lowest BCUT2D eigenvalue weighted by atomic mass is 9.54. The van der Waals surface area contributed by atoms with Gasteiger partial charge in [0, 0.05) is 13.2 Å². The van der Waals surface area contributed by atoms with Gasteiger partial charge in [0.1, 0.15) is 11.1 Å². The maximum atomic E-state index is 11.8. The van der Waals surface area contributed by atoms with Gasteiger partial charge in [0.05, 0.1) is 0 Å². The van der Waals surface area contributed by atoms with Crippen molar-refractivity contribution >= 4 is 12.1 Å². The topological polar surface area (TPSA) is 84.9 Å². The van der Waals surface area contributed by atoms with E-state index in [1.165, 1.54) is 0 Å². The van der Waals surface area contributed by atoms with Gasteiger partial charge >= 0.3 is 12.1 Å². The Hall–Kier alpha value is -1.30. The fourth-order valence-electron chi connectivity index (χ4n) is 3.18. The summed E-state index contributed by atoms with van der Waals surface area (Å²) < 4.78 is 10.5. The monoisotopic (exact) mass is 285 g/mol. The summed E-state index contributed by atoms with van der Waals surface area (Å²) in [5, 5.41) is 12.0. The van der Waals surface area contributed by atoms with Crippen LogP contribution in [0.3, 0.4) is 0 Å². The van der Waals surface area contributed by atoms with E-state index >= 15 is 0 Å². The third kappa shape index (κ3) is 3.06. The van der Waals surface area contributed by atoms with Crippen LogP contribution in [0.15, 0.2) is 0 Å². The van der Waals surface area contributed by atoms with E-state index in [9.17, 15) is 14.7 Å². The zero-order valence-corrected chi connectivity index (χ0v) is 12.3. The third-order valence-electron chi connectivity index (χ3n) is 4.06.